The lowest BCUT2D eigenvalue weighted by molar-refractivity contribution is -0.176. The van der Waals surface area contributed by atoms with Gasteiger partial charge in [0.05, 0.1) is 0 Å². The molecule has 110 valence electrons. The first kappa shape index (κ1) is 16.0. The van der Waals surface area contributed by atoms with Crippen LogP contribution in [0.15, 0.2) is 0 Å². The van der Waals surface area contributed by atoms with Crippen LogP contribution in [0.3, 0.4) is 0 Å². The van der Waals surface area contributed by atoms with Crippen molar-refractivity contribution < 1.29 is 19.1 Å². The van der Waals surface area contributed by atoms with Gasteiger partial charge in [0.1, 0.15) is 17.2 Å². The molecule has 5 heteroatoms. The lowest BCUT2D eigenvalue weighted by Gasteiger charge is -2.40. The molecule has 0 radical (unpaired) electrons. The summed E-state index contributed by atoms with van der Waals surface area (Å²) in [6.07, 6.45) is 4.12. The normalized spacial score (nSPS) is 20.5. The molecule has 1 unspecified atom stereocenters. The maximum Gasteiger partial charge on any atom is 0.327 e. The fraction of sp³-hybridized carbons (Fsp3) is 0.857. The van der Waals surface area contributed by atoms with E-state index in [0.717, 1.165) is 19.3 Å². The van der Waals surface area contributed by atoms with Crippen LogP contribution in [0.4, 0.5) is 0 Å². The molecule has 1 saturated carbocycles. The van der Waals surface area contributed by atoms with Crippen LogP contribution in [0, 0.1) is 0 Å². The van der Waals surface area contributed by atoms with Gasteiger partial charge in [0, 0.05) is 6.92 Å². The molecule has 0 saturated heterocycles. The zero-order valence-electron chi connectivity index (χ0n) is 12.3. The van der Waals surface area contributed by atoms with E-state index in [4.69, 9.17) is 15.2 Å². The molecule has 0 heterocycles. The summed E-state index contributed by atoms with van der Waals surface area (Å²) in [7, 11) is 0. The van der Waals surface area contributed by atoms with Gasteiger partial charge in [-0.2, -0.15) is 0 Å². The molecule has 1 atom stereocenters. The first-order valence-electron chi connectivity index (χ1n) is 6.84. The number of esters is 2. The summed E-state index contributed by atoms with van der Waals surface area (Å²) in [5.41, 5.74) is 4.54. The van der Waals surface area contributed by atoms with Crippen LogP contribution in [0.25, 0.3) is 0 Å². The average molecular weight is 271 g/mol. The molecular formula is C14H25NO4. The molecule has 0 aromatic rings. The Morgan fingerprint density at radius 2 is 1.68 bits per heavy atom. The number of hydrogen-bond acceptors (Lipinski definition) is 5. The maximum atomic E-state index is 12.1. The van der Waals surface area contributed by atoms with E-state index in [0.29, 0.717) is 12.8 Å². The van der Waals surface area contributed by atoms with Crippen molar-refractivity contribution in [3.63, 3.8) is 0 Å². The highest BCUT2D eigenvalue weighted by atomic mass is 16.6. The van der Waals surface area contributed by atoms with Gasteiger partial charge in [-0.15, -0.1) is 0 Å². The molecule has 0 aromatic carbocycles. The fourth-order valence-electron chi connectivity index (χ4n) is 2.49. The highest BCUT2D eigenvalue weighted by Gasteiger charge is 2.46. The highest BCUT2D eigenvalue weighted by molar-refractivity contribution is 5.78. The van der Waals surface area contributed by atoms with Gasteiger partial charge in [-0.1, -0.05) is 6.42 Å². The van der Waals surface area contributed by atoms with Gasteiger partial charge in [0.15, 0.2) is 0 Å². The Morgan fingerprint density at radius 3 is 2.11 bits per heavy atom. The fourth-order valence-corrected chi connectivity index (χ4v) is 2.49. The summed E-state index contributed by atoms with van der Waals surface area (Å²) in [6.45, 7) is 6.71. The van der Waals surface area contributed by atoms with Gasteiger partial charge < -0.3 is 15.2 Å². The lowest BCUT2D eigenvalue weighted by atomic mass is 9.79. The lowest BCUT2D eigenvalue weighted by Crippen LogP contribution is -2.57. The minimum absolute atomic E-state index is 0.402. The highest BCUT2D eigenvalue weighted by Crippen LogP contribution is 2.35. The Hall–Kier alpha value is -1.10. The number of nitrogens with two attached hydrogens (primary N) is 1. The minimum Gasteiger partial charge on any atom is -0.459 e. The number of carbonyl (C=O) groups excluding carboxylic acids is 2. The van der Waals surface area contributed by atoms with E-state index < -0.39 is 29.2 Å². The number of rotatable bonds is 3. The second-order valence-corrected chi connectivity index (χ2v) is 6.23. The van der Waals surface area contributed by atoms with Crippen molar-refractivity contribution in [2.45, 2.75) is 77.0 Å². The van der Waals surface area contributed by atoms with Crippen molar-refractivity contribution in [1.29, 1.82) is 0 Å². The van der Waals surface area contributed by atoms with Gasteiger partial charge in [0.2, 0.25) is 0 Å². The minimum atomic E-state index is -0.920. The molecule has 0 aromatic heterocycles. The topological polar surface area (TPSA) is 78.6 Å². The molecule has 2 N–H and O–H groups in total. The van der Waals surface area contributed by atoms with Gasteiger partial charge in [-0.05, 0) is 46.5 Å². The molecule has 0 aliphatic heterocycles. The van der Waals surface area contributed by atoms with E-state index in [2.05, 4.69) is 0 Å². The summed E-state index contributed by atoms with van der Waals surface area (Å²) >= 11 is 0. The second kappa shape index (κ2) is 5.90. The SMILES string of the molecule is CC(=O)OC1(C(N)C(=O)OC(C)(C)C)CCCCC1. The smallest absolute Gasteiger partial charge is 0.327 e. The van der Waals surface area contributed by atoms with E-state index >= 15 is 0 Å². The van der Waals surface area contributed by atoms with Crippen LogP contribution < -0.4 is 5.73 Å². The third kappa shape index (κ3) is 4.49. The largest absolute Gasteiger partial charge is 0.459 e. The van der Waals surface area contributed by atoms with E-state index in [1.807, 2.05) is 0 Å². The van der Waals surface area contributed by atoms with Crippen LogP contribution in [-0.2, 0) is 19.1 Å². The molecular weight excluding hydrogens is 246 g/mol. The quantitative estimate of drug-likeness (QED) is 0.793. The predicted molar refractivity (Wildman–Crippen MR) is 71.4 cm³/mol. The average Bonchev–Trinajstić information content (AvgIpc) is 2.26. The molecule has 1 rings (SSSR count). The number of hydrogen-bond donors (Lipinski definition) is 1. The van der Waals surface area contributed by atoms with Crippen LogP contribution in [0.1, 0.15) is 59.8 Å². The second-order valence-electron chi connectivity index (χ2n) is 6.23. The van der Waals surface area contributed by atoms with E-state index in [1.165, 1.54) is 6.92 Å². The van der Waals surface area contributed by atoms with E-state index in [9.17, 15) is 9.59 Å². The van der Waals surface area contributed by atoms with Gasteiger partial charge >= 0.3 is 11.9 Å². The van der Waals surface area contributed by atoms with Crippen molar-refractivity contribution >= 4 is 11.9 Å². The molecule has 0 amide bonds. The Balaban J connectivity index is 2.84. The first-order valence-corrected chi connectivity index (χ1v) is 6.84. The van der Waals surface area contributed by atoms with Crippen molar-refractivity contribution in [2.24, 2.45) is 5.73 Å². The van der Waals surface area contributed by atoms with Crippen molar-refractivity contribution in [3.05, 3.63) is 0 Å². The Labute approximate surface area is 114 Å². The zero-order chi connectivity index (χ0) is 14.7. The summed E-state index contributed by atoms with van der Waals surface area (Å²) in [5.74, 6) is -0.906. The predicted octanol–water partition coefficient (Wildman–Crippen LogP) is 1.92. The third-order valence-corrected chi connectivity index (χ3v) is 3.27. The van der Waals surface area contributed by atoms with Crippen LogP contribution >= 0.6 is 0 Å². The molecule has 0 spiro atoms. The number of ether oxygens (including phenoxy) is 2. The summed E-state index contributed by atoms with van der Waals surface area (Å²) in [6, 6.07) is -0.920. The molecule has 19 heavy (non-hydrogen) atoms. The molecule has 5 nitrogen and oxygen atoms in total. The first-order chi connectivity index (χ1) is 8.66. The van der Waals surface area contributed by atoms with Crippen LogP contribution in [0.5, 0.6) is 0 Å². The summed E-state index contributed by atoms with van der Waals surface area (Å²) < 4.78 is 10.7. The van der Waals surface area contributed by atoms with E-state index in [1.54, 1.807) is 20.8 Å². The van der Waals surface area contributed by atoms with Crippen molar-refractivity contribution in [1.82, 2.24) is 0 Å². The summed E-state index contributed by atoms with van der Waals surface area (Å²) in [4.78, 5) is 23.4. The Bertz CT molecular complexity index is 340. The molecule has 0 bridgehead atoms. The molecule has 1 aliphatic carbocycles. The van der Waals surface area contributed by atoms with Crippen LogP contribution in [-0.4, -0.2) is 29.2 Å². The monoisotopic (exact) mass is 271 g/mol. The zero-order valence-corrected chi connectivity index (χ0v) is 12.3. The maximum absolute atomic E-state index is 12.1. The van der Waals surface area contributed by atoms with E-state index in [-0.39, 0.29) is 0 Å². The number of carbonyl (C=O) groups is 2. The Morgan fingerprint density at radius 1 is 1.16 bits per heavy atom. The summed E-state index contributed by atoms with van der Waals surface area (Å²) in [5, 5.41) is 0. The standard InChI is InChI=1S/C14H25NO4/c1-10(16)18-14(8-6-5-7-9-14)11(15)12(17)19-13(2,3)4/h11H,5-9,15H2,1-4H3. The van der Waals surface area contributed by atoms with Crippen LogP contribution in [0.2, 0.25) is 0 Å². The van der Waals surface area contributed by atoms with Gasteiger partial charge in [0.25, 0.3) is 0 Å². The molecule has 1 fully saturated rings. The van der Waals surface area contributed by atoms with Crippen molar-refractivity contribution in [3.8, 4) is 0 Å². The molecule has 1 aliphatic rings. The Kier molecular flexibility index (Phi) is 4.96. The van der Waals surface area contributed by atoms with Crippen molar-refractivity contribution in [2.75, 3.05) is 0 Å². The van der Waals surface area contributed by atoms with Gasteiger partial charge in [-0.25, -0.2) is 0 Å². The van der Waals surface area contributed by atoms with Gasteiger partial charge in [-0.3, -0.25) is 9.59 Å². The third-order valence-electron chi connectivity index (χ3n) is 3.27.